The number of rotatable bonds is 4. The maximum atomic E-state index is 13.0. The van der Waals surface area contributed by atoms with Crippen LogP contribution in [0.2, 0.25) is 5.02 Å². The van der Waals surface area contributed by atoms with Crippen LogP contribution in [0.1, 0.15) is 29.7 Å². The number of nitrogens with zero attached hydrogens (tertiary/aromatic N) is 4. The molecule has 0 saturated heterocycles. The van der Waals surface area contributed by atoms with Gasteiger partial charge in [0.25, 0.3) is 10.0 Å². The molecular formula is C21H17ClN4O3S2. The Morgan fingerprint density at radius 2 is 2.00 bits per heavy atom. The highest BCUT2D eigenvalue weighted by molar-refractivity contribution is 7.89. The van der Waals surface area contributed by atoms with Gasteiger partial charge in [-0.15, -0.1) is 11.3 Å². The van der Waals surface area contributed by atoms with Gasteiger partial charge in [0.1, 0.15) is 0 Å². The zero-order chi connectivity index (χ0) is 21.8. The van der Waals surface area contributed by atoms with Gasteiger partial charge in [-0.25, -0.2) is 4.98 Å². The Kier molecular flexibility index (Phi) is 4.84. The molecule has 0 radical (unpaired) electrons. The summed E-state index contributed by atoms with van der Waals surface area (Å²) in [6.45, 7) is 2.39. The van der Waals surface area contributed by atoms with E-state index in [1.165, 1.54) is 23.6 Å². The Morgan fingerprint density at radius 3 is 2.77 bits per heavy atom. The summed E-state index contributed by atoms with van der Waals surface area (Å²) in [5.74, 6) is -0.476. The molecule has 158 valence electrons. The zero-order valence-corrected chi connectivity index (χ0v) is 18.8. The van der Waals surface area contributed by atoms with E-state index in [-0.39, 0.29) is 17.3 Å². The van der Waals surface area contributed by atoms with Crippen molar-refractivity contribution in [3.05, 3.63) is 76.0 Å². The van der Waals surface area contributed by atoms with Crippen LogP contribution in [0.5, 0.6) is 0 Å². The first-order chi connectivity index (χ1) is 14.8. The lowest BCUT2D eigenvalue weighted by molar-refractivity contribution is -0.133. The first-order valence-electron chi connectivity index (χ1n) is 9.54. The van der Waals surface area contributed by atoms with E-state index in [2.05, 4.69) is 10.1 Å². The molecular weight excluding hydrogens is 456 g/mol. The standard InChI is InChI=1S/C21H17ClN4O3S2/c1-13(16-4-2-3-5-17(16)22)21(27)25-9-14-10-26(24-19(14)11-25)31(28,29)15-6-7-18-20(8-15)30-12-23-18/h2-8,10,12-13H,9,11H2,1H3/t13-/m1/s1. The summed E-state index contributed by atoms with van der Waals surface area (Å²) in [7, 11) is -3.83. The number of carbonyl (C=O) groups is 1. The second kappa shape index (κ2) is 7.44. The quantitative estimate of drug-likeness (QED) is 0.447. The first-order valence-corrected chi connectivity index (χ1v) is 12.2. The molecule has 0 bridgehead atoms. The third-order valence-corrected chi connectivity index (χ3v) is 8.12. The van der Waals surface area contributed by atoms with Gasteiger partial charge in [0, 0.05) is 23.3 Å². The van der Waals surface area contributed by atoms with Gasteiger partial charge in [0.15, 0.2) is 0 Å². The van der Waals surface area contributed by atoms with Crippen molar-refractivity contribution in [1.29, 1.82) is 0 Å². The maximum absolute atomic E-state index is 13.0. The minimum absolute atomic E-state index is 0.0730. The highest BCUT2D eigenvalue weighted by Gasteiger charge is 2.32. The third kappa shape index (κ3) is 3.42. The number of hydrogen-bond acceptors (Lipinski definition) is 6. The summed E-state index contributed by atoms with van der Waals surface area (Å²) in [6.07, 6.45) is 1.50. The lowest BCUT2D eigenvalue weighted by Gasteiger charge is -2.21. The molecule has 0 aliphatic carbocycles. The molecule has 1 aliphatic rings. The average Bonchev–Trinajstić information content (AvgIpc) is 3.47. The summed E-state index contributed by atoms with van der Waals surface area (Å²) < 4.78 is 27.9. The molecule has 10 heteroatoms. The molecule has 0 spiro atoms. The average molecular weight is 473 g/mol. The molecule has 0 saturated carbocycles. The molecule has 31 heavy (non-hydrogen) atoms. The summed E-state index contributed by atoms with van der Waals surface area (Å²) in [4.78, 5) is 19.0. The SMILES string of the molecule is C[C@@H](C(=O)N1Cc2cn(S(=O)(=O)c3ccc4ncsc4c3)nc2C1)c1ccccc1Cl. The molecule has 3 heterocycles. The maximum Gasteiger partial charge on any atom is 0.283 e. The predicted molar refractivity (Wildman–Crippen MR) is 119 cm³/mol. The molecule has 1 amide bonds. The van der Waals surface area contributed by atoms with Crippen LogP contribution in [0.4, 0.5) is 0 Å². The lowest BCUT2D eigenvalue weighted by atomic mass is 10.00. The highest BCUT2D eigenvalue weighted by Crippen LogP contribution is 2.30. The van der Waals surface area contributed by atoms with Crippen molar-refractivity contribution < 1.29 is 13.2 Å². The molecule has 1 aliphatic heterocycles. The largest absolute Gasteiger partial charge is 0.332 e. The van der Waals surface area contributed by atoms with Gasteiger partial charge in [-0.2, -0.15) is 17.6 Å². The van der Waals surface area contributed by atoms with Gasteiger partial charge in [0.05, 0.1) is 38.8 Å². The van der Waals surface area contributed by atoms with Gasteiger partial charge in [-0.1, -0.05) is 29.8 Å². The van der Waals surface area contributed by atoms with Crippen LogP contribution >= 0.6 is 22.9 Å². The molecule has 2 aromatic carbocycles. The summed E-state index contributed by atoms with van der Waals surface area (Å²) in [6, 6.07) is 12.1. The van der Waals surface area contributed by atoms with Crippen LogP contribution in [0, 0.1) is 0 Å². The third-order valence-electron chi connectivity index (χ3n) is 5.46. The van der Waals surface area contributed by atoms with Crippen molar-refractivity contribution in [3.8, 4) is 0 Å². The number of halogens is 1. The van der Waals surface area contributed by atoms with Gasteiger partial charge >= 0.3 is 0 Å². The zero-order valence-electron chi connectivity index (χ0n) is 16.4. The van der Waals surface area contributed by atoms with Gasteiger partial charge in [0.2, 0.25) is 5.91 Å². The smallest absolute Gasteiger partial charge is 0.283 e. The van der Waals surface area contributed by atoms with E-state index in [9.17, 15) is 13.2 Å². The summed E-state index contributed by atoms with van der Waals surface area (Å²) >= 11 is 7.62. The van der Waals surface area contributed by atoms with Crippen LogP contribution in [0.25, 0.3) is 10.2 Å². The van der Waals surface area contributed by atoms with E-state index < -0.39 is 15.9 Å². The van der Waals surface area contributed by atoms with E-state index in [0.29, 0.717) is 17.3 Å². The number of aromatic nitrogens is 3. The van der Waals surface area contributed by atoms with Gasteiger partial charge < -0.3 is 4.90 Å². The highest BCUT2D eigenvalue weighted by atomic mass is 35.5. The second-order valence-electron chi connectivity index (χ2n) is 7.40. The molecule has 2 aromatic heterocycles. The fraction of sp³-hybridized carbons (Fsp3) is 0.190. The van der Waals surface area contributed by atoms with Crippen molar-refractivity contribution in [2.75, 3.05) is 0 Å². The first kappa shape index (κ1) is 20.2. The van der Waals surface area contributed by atoms with Gasteiger partial charge in [-0.3, -0.25) is 4.79 Å². The number of carbonyl (C=O) groups excluding carboxylic acids is 1. The minimum atomic E-state index is -3.83. The molecule has 0 N–H and O–H groups in total. The number of hydrogen-bond donors (Lipinski definition) is 0. The van der Waals surface area contributed by atoms with Crippen LogP contribution in [-0.4, -0.2) is 33.4 Å². The van der Waals surface area contributed by atoms with E-state index >= 15 is 0 Å². The summed E-state index contributed by atoms with van der Waals surface area (Å²) in [5.41, 5.74) is 4.52. The van der Waals surface area contributed by atoms with Crippen molar-refractivity contribution in [2.24, 2.45) is 0 Å². The fourth-order valence-corrected chi connectivity index (χ4v) is 6.03. The Bertz CT molecular complexity index is 1400. The van der Waals surface area contributed by atoms with Crippen molar-refractivity contribution in [2.45, 2.75) is 30.8 Å². The molecule has 1 atom stereocenters. The molecule has 4 aromatic rings. The van der Waals surface area contributed by atoms with Gasteiger partial charge in [-0.05, 0) is 36.8 Å². The lowest BCUT2D eigenvalue weighted by Crippen LogP contribution is -2.30. The van der Waals surface area contributed by atoms with Crippen molar-refractivity contribution in [3.63, 3.8) is 0 Å². The number of fused-ring (bicyclic) bond motifs is 2. The van der Waals surface area contributed by atoms with Crippen molar-refractivity contribution in [1.82, 2.24) is 19.1 Å². The fourth-order valence-electron chi connectivity index (χ4n) is 3.74. The van der Waals surface area contributed by atoms with E-state index in [0.717, 1.165) is 25.4 Å². The monoisotopic (exact) mass is 472 g/mol. The van der Waals surface area contributed by atoms with Crippen molar-refractivity contribution >= 4 is 49.1 Å². The van der Waals surface area contributed by atoms with E-state index in [1.807, 2.05) is 25.1 Å². The molecule has 7 nitrogen and oxygen atoms in total. The second-order valence-corrected chi connectivity index (χ2v) is 10.5. The number of thiazole rings is 1. The van der Waals surface area contributed by atoms with E-state index in [4.69, 9.17) is 11.6 Å². The van der Waals surface area contributed by atoms with Crippen LogP contribution in [0.15, 0.2) is 59.1 Å². The molecule has 0 unspecified atom stereocenters. The Balaban J connectivity index is 1.37. The minimum Gasteiger partial charge on any atom is -0.332 e. The number of amides is 1. The van der Waals surface area contributed by atoms with E-state index in [1.54, 1.807) is 28.6 Å². The van der Waals surface area contributed by atoms with Crippen LogP contribution in [-0.2, 0) is 27.9 Å². The molecule has 5 rings (SSSR count). The Hall–Kier alpha value is -2.75. The Morgan fingerprint density at radius 1 is 1.19 bits per heavy atom. The normalized spacial score (nSPS) is 14.7. The predicted octanol–water partition coefficient (Wildman–Crippen LogP) is 4.03. The molecule has 0 fully saturated rings. The summed E-state index contributed by atoms with van der Waals surface area (Å²) in [5, 5.41) is 4.84. The Labute approximate surface area is 187 Å². The number of benzene rings is 2. The van der Waals surface area contributed by atoms with Crippen LogP contribution < -0.4 is 0 Å². The topological polar surface area (TPSA) is 85.2 Å². The van der Waals surface area contributed by atoms with Crippen LogP contribution in [0.3, 0.4) is 0 Å².